The van der Waals surface area contributed by atoms with Crippen LogP contribution >= 0.6 is 0 Å². The quantitative estimate of drug-likeness (QED) is 0.870. The van der Waals surface area contributed by atoms with Crippen molar-refractivity contribution in [2.75, 3.05) is 5.32 Å². The van der Waals surface area contributed by atoms with Gasteiger partial charge in [0.25, 0.3) is 5.91 Å². The van der Waals surface area contributed by atoms with Crippen LogP contribution in [0.3, 0.4) is 0 Å². The number of carbonyl (C=O) groups is 1. The van der Waals surface area contributed by atoms with Crippen molar-refractivity contribution in [3.05, 3.63) is 47.2 Å². The fourth-order valence-electron chi connectivity index (χ4n) is 1.55. The lowest BCUT2D eigenvalue weighted by atomic mass is 10.1. The number of anilines is 1. The van der Waals surface area contributed by atoms with Gasteiger partial charge in [0.05, 0.1) is 6.20 Å². The molecule has 0 aliphatic rings. The molecule has 2 rings (SSSR count). The summed E-state index contributed by atoms with van der Waals surface area (Å²) >= 11 is 0. The summed E-state index contributed by atoms with van der Waals surface area (Å²) in [5, 5.41) is 15.5. The van der Waals surface area contributed by atoms with Crippen LogP contribution in [-0.4, -0.2) is 15.7 Å². The van der Waals surface area contributed by atoms with Gasteiger partial charge in [-0.3, -0.25) is 9.48 Å². The highest BCUT2D eigenvalue weighted by Gasteiger charge is 2.12. The van der Waals surface area contributed by atoms with Crippen molar-refractivity contribution < 1.29 is 4.79 Å². The van der Waals surface area contributed by atoms with Crippen LogP contribution in [-0.2, 0) is 7.05 Å². The maximum Gasteiger partial charge on any atom is 0.256 e. The monoisotopic (exact) mass is 240 g/mol. The molecule has 0 saturated carbocycles. The highest BCUT2D eigenvalue weighted by molar-refractivity contribution is 6.04. The second kappa shape index (κ2) is 4.72. The van der Waals surface area contributed by atoms with Gasteiger partial charge in [-0.15, -0.1) is 0 Å². The predicted molar refractivity (Wildman–Crippen MR) is 67.1 cm³/mol. The Labute approximate surface area is 105 Å². The molecule has 18 heavy (non-hydrogen) atoms. The van der Waals surface area contributed by atoms with E-state index in [1.807, 2.05) is 25.1 Å². The summed E-state index contributed by atoms with van der Waals surface area (Å²) in [4.78, 5) is 12.0. The molecular weight excluding hydrogens is 228 g/mol. The molecule has 0 bridgehead atoms. The maximum atomic E-state index is 12.0. The molecule has 90 valence electrons. The smallest absolute Gasteiger partial charge is 0.256 e. The molecule has 5 heteroatoms. The third-order valence-corrected chi connectivity index (χ3v) is 2.60. The molecule has 1 heterocycles. The number of benzene rings is 1. The van der Waals surface area contributed by atoms with Crippen molar-refractivity contribution in [3.8, 4) is 6.07 Å². The standard InChI is InChI=1S/C13H12N4O/c1-9-3-5-10(6-4-9)13(18)16-12-11(7-14)8-15-17(12)2/h3-6,8H,1-2H3,(H,16,18). The number of aryl methyl sites for hydroxylation is 2. The van der Waals surface area contributed by atoms with Gasteiger partial charge in [-0.2, -0.15) is 10.4 Å². The van der Waals surface area contributed by atoms with Crippen LogP contribution < -0.4 is 5.32 Å². The van der Waals surface area contributed by atoms with Gasteiger partial charge < -0.3 is 5.32 Å². The van der Waals surface area contributed by atoms with Crippen LogP contribution in [0.25, 0.3) is 0 Å². The minimum atomic E-state index is -0.255. The summed E-state index contributed by atoms with van der Waals surface area (Å²) < 4.78 is 1.46. The number of amides is 1. The van der Waals surface area contributed by atoms with Crippen LogP contribution in [0.4, 0.5) is 5.82 Å². The summed E-state index contributed by atoms with van der Waals surface area (Å²) in [6.45, 7) is 1.95. The number of aromatic nitrogens is 2. The third kappa shape index (κ3) is 2.23. The lowest BCUT2D eigenvalue weighted by Crippen LogP contribution is -2.15. The first-order valence-corrected chi connectivity index (χ1v) is 5.42. The number of hydrogen-bond acceptors (Lipinski definition) is 3. The summed E-state index contributed by atoms with van der Waals surface area (Å²) in [6.07, 6.45) is 1.42. The third-order valence-electron chi connectivity index (χ3n) is 2.60. The molecule has 0 aliphatic heterocycles. The fraction of sp³-hybridized carbons (Fsp3) is 0.154. The van der Waals surface area contributed by atoms with E-state index in [2.05, 4.69) is 10.4 Å². The van der Waals surface area contributed by atoms with Gasteiger partial charge in [0.15, 0.2) is 0 Å². The lowest BCUT2D eigenvalue weighted by molar-refractivity contribution is 0.102. The second-order valence-corrected chi connectivity index (χ2v) is 3.96. The number of hydrogen-bond donors (Lipinski definition) is 1. The molecule has 1 N–H and O–H groups in total. The van der Waals surface area contributed by atoms with Crippen molar-refractivity contribution >= 4 is 11.7 Å². The van der Waals surface area contributed by atoms with E-state index in [1.165, 1.54) is 10.9 Å². The average molecular weight is 240 g/mol. The number of nitrogens with one attached hydrogen (secondary N) is 1. The van der Waals surface area contributed by atoms with Crippen molar-refractivity contribution in [2.45, 2.75) is 6.92 Å². The molecule has 1 amide bonds. The highest BCUT2D eigenvalue weighted by Crippen LogP contribution is 2.14. The van der Waals surface area contributed by atoms with Gasteiger partial charge in [0, 0.05) is 12.6 Å². The zero-order valence-corrected chi connectivity index (χ0v) is 10.1. The predicted octanol–water partition coefficient (Wildman–Crippen LogP) is 1.85. The summed E-state index contributed by atoms with van der Waals surface area (Å²) in [5.74, 6) is 0.151. The van der Waals surface area contributed by atoms with Crippen molar-refractivity contribution in [3.63, 3.8) is 0 Å². The Bertz CT molecular complexity index is 619. The van der Waals surface area contributed by atoms with Crippen LogP contribution in [0.1, 0.15) is 21.5 Å². The molecule has 2 aromatic rings. The lowest BCUT2D eigenvalue weighted by Gasteiger charge is -2.06. The summed E-state index contributed by atoms with van der Waals surface area (Å²) in [5.41, 5.74) is 1.98. The van der Waals surface area contributed by atoms with Crippen molar-refractivity contribution in [2.24, 2.45) is 7.05 Å². The fourth-order valence-corrected chi connectivity index (χ4v) is 1.55. The molecule has 0 fully saturated rings. The first-order valence-electron chi connectivity index (χ1n) is 5.42. The minimum absolute atomic E-state index is 0.255. The largest absolute Gasteiger partial charge is 0.306 e. The highest BCUT2D eigenvalue weighted by atomic mass is 16.1. The zero-order valence-electron chi connectivity index (χ0n) is 10.1. The van der Waals surface area contributed by atoms with Gasteiger partial charge in [-0.1, -0.05) is 17.7 Å². The Morgan fingerprint density at radius 2 is 2.06 bits per heavy atom. The topological polar surface area (TPSA) is 70.7 Å². The number of nitrogens with zero attached hydrogens (tertiary/aromatic N) is 3. The molecule has 5 nitrogen and oxygen atoms in total. The Balaban J connectivity index is 2.24. The van der Waals surface area contributed by atoms with Gasteiger partial charge in [0.2, 0.25) is 0 Å². The van der Waals surface area contributed by atoms with E-state index in [0.29, 0.717) is 16.9 Å². The number of carbonyl (C=O) groups excluding carboxylic acids is 1. The Hall–Kier alpha value is -2.61. The van der Waals surface area contributed by atoms with Gasteiger partial charge in [-0.25, -0.2) is 0 Å². The average Bonchev–Trinajstić information content (AvgIpc) is 2.71. The maximum absolute atomic E-state index is 12.0. The molecule has 0 radical (unpaired) electrons. The van der Waals surface area contributed by atoms with Crippen LogP contribution in [0, 0.1) is 18.3 Å². The van der Waals surface area contributed by atoms with E-state index < -0.39 is 0 Å². The van der Waals surface area contributed by atoms with Crippen molar-refractivity contribution in [1.29, 1.82) is 5.26 Å². The van der Waals surface area contributed by atoms with Crippen molar-refractivity contribution in [1.82, 2.24) is 9.78 Å². The second-order valence-electron chi connectivity index (χ2n) is 3.96. The van der Waals surface area contributed by atoms with Crippen LogP contribution in [0.5, 0.6) is 0 Å². The van der Waals surface area contributed by atoms with Crippen LogP contribution in [0.2, 0.25) is 0 Å². The Kier molecular flexibility index (Phi) is 3.11. The minimum Gasteiger partial charge on any atom is -0.306 e. The summed E-state index contributed by atoms with van der Waals surface area (Å²) in [7, 11) is 1.67. The molecule has 1 aromatic carbocycles. The van der Waals surface area contributed by atoms with E-state index >= 15 is 0 Å². The first kappa shape index (κ1) is 11.9. The molecule has 0 saturated heterocycles. The molecule has 0 unspecified atom stereocenters. The van der Waals surface area contributed by atoms with E-state index in [4.69, 9.17) is 5.26 Å². The Morgan fingerprint density at radius 3 is 2.67 bits per heavy atom. The molecule has 0 aliphatic carbocycles. The molecular formula is C13H12N4O. The SMILES string of the molecule is Cc1ccc(C(=O)Nc2c(C#N)cnn2C)cc1. The van der Waals surface area contributed by atoms with Gasteiger partial charge in [-0.05, 0) is 19.1 Å². The van der Waals surface area contributed by atoms with E-state index in [-0.39, 0.29) is 5.91 Å². The summed E-state index contributed by atoms with van der Waals surface area (Å²) in [6, 6.07) is 9.20. The first-order chi connectivity index (χ1) is 8.61. The van der Waals surface area contributed by atoms with Crippen LogP contribution in [0.15, 0.2) is 30.5 Å². The van der Waals surface area contributed by atoms with E-state index in [9.17, 15) is 4.79 Å². The van der Waals surface area contributed by atoms with Gasteiger partial charge in [0.1, 0.15) is 17.5 Å². The van der Waals surface area contributed by atoms with Gasteiger partial charge >= 0.3 is 0 Å². The number of rotatable bonds is 2. The van der Waals surface area contributed by atoms with E-state index in [1.54, 1.807) is 19.2 Å². The molecule has 0 atom stereocenters. The Morgan fingerprint density at radius 1 is 1.39 bits per heavy atom. The zero-order chi connectivity index (χ0) is 13.1. The molecule has 0 spiro atoms. The van der Waals surface area contributed by atoms with E-state index in [0.717, 1.165) is 5.56 Å². The normalized spacial score (nSPS) is 9.83. The molecule has 1 aromatic heterocycles. The number of nitriles is 1.